The third-order valence-electron chi connectivity index (χ3n) is 2.29. The quantitative estimate of drug-likeness (QED) is 0.488. The van der Waals surface area contributed by atoms with E-state index in [4.69, 9.17) is 10.3 Å². The first kappa shape index (κ1) is 11.9. The Bertz CT molecular complexity index is 535. The molecule has 0 saturated heterocycles. The van der Waals surface area contributed by atoms with E-state index < -0.39 is 23.8 Å². The van der Waals surface area contributed by atoms with Gasteiger partial charge in [-0.2, -0.15) is 13.2 Å². The fourth-order valence-electron chi connectivity index (χ4n) is 1.53. The summed E-state index contributed by atoms with van der Waals surface area (Å²) >= 11 is 0. The summed E-state index contributed by atoms with van der Waals surface area (Å²) in [7, 11) is 0. The van der Waals surface area contributed by atoms with Gasteiger partial charge in [0.2, 0.25) is 0 Å². The molecular formula is C10H8F4N2O. The van der Waals surface area contributed by atoms with Crippen molar-refractivity contribution in [3.05, 3.63) is 35.8 Å². The largest absolute Gasteiger partial charge is 0.456 e. The third-order valence-corrected chi connectivity index (χ3v) is 2.29. The number of alkyl halides is 3. The molecule has 17 heavy (non-hydrogen) atoms. The first-order valence-corrected chi connectivity index (χ1v) is 4.64. The minimum absolute atomic E-state index is 0.216. The van der Waals surface area contributed by atoms with E-state index in [1.165, 1.54) is 12.1 Å². The highest BCUT2D eigenvalue weighted by molar-refractivity contribution is 5.78. The minimum atomic E-state index is -4.61. The zero-order chi connectivity index (χ0) is 12.6. The van der Waals surface area contributed by atoms with Crippen molar-refractivity contribution in [2.45, 2.75) is 12.2 Å². The molecule has 1 atom stereocenters. The maximum atomic E-state index is 13.2. The fraction of sp³-hybridized carbons (Fsp3) is 0.200. The number of hydrogen-bond donors (Lipinski definition) is 2. The molecular weight excluding hydrogens is 240 g/mol. The molecule has 0 aliphatic heterocycles. The minimum Gasteiger partial charge on any atom is -0.456 e. The maximum absolute atomic E-state index is 13.2. The highest BCUT2D eigenvalue weighted by Crippen LogP contribution is 2.35. The lowest BCUT2D eigenvalue weighted by Gasteiger charge is -2.16. The Morgan fingerprint density at radius 3 is 2.53 bits per heavy atom. The molecule has 2 aromatic rings. The van der Waals surface area contributed by atoms with Crippen molar-refractivity contribution >= 4 is 11.0 Å². The van der Waals surface area contributed by atoms with Crippen LogP contribution in [0.25, 0.3) is 11.0 Å². The second-order valence-corrected chi connectivity index (χ2v) is 3.45. The lowest BCUT2D eigenvalue weighted by molar-refractivity contribution is -0.161. The number of benzene rings is 1. The number of nitrogens with two attached hydrogens (primary N) is 1. The summed E-state index contributed by atoms with van der Waals surface area (Å²) in [4.78, 5) is 0. The second kappa shape index (κ2) is 4.01. The highest BCUT2D eigenvalue weighted by atomic mass is 19.4. The zero-order valence-electron chi connectivity index (χ0n) is 8.38. The van der Waals surface area contributed by atoms with Crippen LogP contribution in [0.1, 0.15) is 11.8 Å². The van der Waals surface area contributed by atoms with Gasteiger partial charge in [0.25, 0.3) is 0 Å². The molecule has 0 aliphatic rings. The molecule has 0 bridgehead atoms. The summed E-state index contributed by atoms with van der Waals surface area (Å²) in [5.41, 5.74) is 1.38. The van der Waals surface area contributed by atoms with Gasteiger partial charge in [-0.25, -0.2) is 9.82 Å². The highest BCUT2D eigenvalue weighted by Gasteiger charge is 2.42. The number of rotatable bonds is 2. The second-order valence-electron chi connectivity index (χ2n) is 3.45. The smallest absolute Gasteiger partial charge is 0.412 e. The van der Waals surface area contributed by atoms with Crippen LogP contribution in [-0.4, -0.2) is 6.18 Å². The number of hydrogen-bond acceptors (Lipinski definition) is 3. The SMILES string of the molecule is NNC(c1cc2cccc(F)c2o1)C(F)(F)F. The number of para-hydroxylation sites is 1. The predicted molar refractivity (Wildman–Crippen MR) is 52.3 cm³/mol. The summed E-state index contributed by atoms with van der Waals surface area (Å²) in [6.45, 7) is 0. The van der Waals surface area contributed by atoms with Gasteiger partial charge in [0, 0.05) is 5.39 Å². The van der Waals surface area contributed by atoms with Crippen molar-refractivity contribution < 1.29 is 22.0 Å². The Labute approximate surface area is 93.2 Å². The van der Waals surface area contributed by atoms with Crippen molar-refractivity contribution in [3.8, 4) is 0 Å². The van der Waals surface area contributed by atoms with E-state index >= 15 is 0 Å². The molecule has 2 rings (SSSR count). The van der Waals surface area contributed by atoms with Crippen molar-refractivity contribution in [3.63, 3.8) is 0 Å². The van der Waals surface area contributed by atoms with Crippen molar-refractivity contribution in [2.75, 3.05) is 0 Å². The standard InChI is InChI=1S/C10H8F4N2O/c11-6-3-1-2-5-4-7(17-8(5)6)9(16-15)10(12,13)14/h1-4,9,16H,15H2. The van der Waals surface area contributed by atoms with Crippen LogP contribution in [0.4, 0.5) is 17.6 Å². The average Bonchev–Trinajstić information content (AvgIpc) is 2.61. The number of nitrogens with one attached hydrogen (secondary N) is 1. The number of furan rings is 1. The molecule has 1 unspecified atom stereocenters. The zero-order valence-corrected chi connectivity index (χ0v) is 8.38. The number of fused-ring (bicyclic) bond motifs is 1. The van der Waals surface area contributed by atoms with Crippen LogP contribution in [0, 0.1) is 5.82 Å². The van der Waals surface area contributed by atoms with Crippen LogP contribution in [0.3, 0.4) is 0 Å². The molecule has 3 N–H and O–H groups in total. The van der Waals surface area contributed by atoms with Gasteiger partial charge in [-0.1, -0.05) is 12.1 Å². The van der Waals surface area contributed by atoms with Gasteiger partial charge in [-0.3, -0.25) is 5.84 Å². The van der Waals surface area contributed by atoms with E-state index in [1.54, 1.807) is 5.43 Å². The Morgan fingerprint density at radius 2 is 2.00 bits per heavy atom. The molecule has 0 saturated carbocycles. The van der Waals surface area contributed by atoms with Gasteiger partial charge in [0.05, 0.1) is 0 Å². The topological polar surface area (TPSA) is 51.2 Å². The van der Waals surface area contributed by atoms with E-state index in [0.717, 1.165) is 12.1 Å². The number of hydrazine groups is 1. The molecule has 0 spiro atoms. The molecule has 92 valence electrons. The van der Waals surface area contributed by atoms with Gasteiger partial charge in [-0.05, 0) is 12.1 Å². The van der Waals surface area contributed by atoms with Crippen LogP contribution >= 0.6 is 0 Å². The molecule has 7 heteroatoms. The third kappa shape index (κ3) is 2.11. The molecule has 1 aromatic heterocycles. The lowest BCUT2D eigenvalue weighted by Crippen LogP contribution is -2.38. The van der Waals surface area contributed by atoms with Crippen LogP contribution in [-0.2, 0) is 0 Å². The van der Waals surface area contributed by atoms with Crippen LogP contribution in [0.2, 0.25) is 0 Å². The molecule has 3 nitrogen and oxygen atoms in total. The van der Waals surface area contributed by atoms with Gasteiger partial charge in [-0.15, -0.1) is 0 Å². The molecule has 1 heterocycles. The van der Waals surface area contributed by atoms with E-state index in [0.29, 0.717) is 0 Å². The van der Waals surface area contributed by atoms with Gasteiger partial charge >= 0.3 is 6.18 Å². The fourth-order valence-corrected chi connectivity index (χ4v) is 1.53. The summed E-state index contributed by atoms with van der Waals surface area (Å²) in [5, 5.41) is 0.254. The van der Waals surface area contributed by atoms with Crippen molar-refractivity contribution in [2.24, 2.45) is 5.84 Å². The van der Waals surface area contributed by atoms with E-state index in [9.17, 15) is 17.6 Å². The number of halogens is 4. The van der Waals surface area contributed by atoms with Crippen LogP contribution < -0.4 is 11.3 Å². The van der Waals surface area contributed by atoms with E-state index in [-0.39, 0.29) is 11.0 Å². The van der Waals surface area contributed by atoms with Gasteiger partial charge < -0.3 is 4.42 Å². The molecule has 1 aromatic carbocycles. The summed E-state index contributed by atoms with van der Waals surface area (Å²) in [6.07, 6.45) is -4.61. The Balaban J connectivity index is 2.52. The summed E-state index contributed by atoms with van der Waals surface area (Å²) in [6, 6.07) is 2.89. The summed E-state index contributed by atoms with van der Waals surface area (Å²) < 4.78 is 55.7. The molecule has 0 fully saturated rings. The van der Waals surface area contributed by atoms with E-state index in [1.807, 2.05) is 0 Å². The van der Waals surface area contributed by atoms with E-state index in [2.05, 4.69) is 0 Å². The predicted octanol–water partition coefficient (Wildman–Crippen LogP) is 2.64. The summed E-state index contributed by atoms with van der Waals surface area (Å²) in [5.74, 6) is 3.64. The van der Waals surface area contributed by atoms with Crippen molar-refractivity contribution in [1.82, 2.24) is 5.43 Å². The lowest BCUT2D eigenvalue weighted by atomic mass is 10.2. The molecule has 0 aliphatic carbocycles. The van der Waals surface area contributed by atoms with Gasteiger partial charge in [0.1, 0.15) is 5.76 Å². The van der Waals surface area contributed by atoms with Crippen molar-refractivity contribution in [1.29, 1.82) is 0 Å². The molecule has 0 amide bonds. The van der Waals surface area contributed by atoms with Crippen LogP contribution in [0.15, 0.2) is 28.7 Å². The first-order valence-electron chi connectivity index (χ1n) is 4.64. The van der Waals surface area contributed by atoms with Crippen LogP contribution in [0.5, 0.6) is 0 Å². The first-order chi connectivity index (χ1) is 7.93. The normalized spacial score (nSPS) is 14.2. The monoisotopic (exact) mass is 248 g/mol. The maximum Gasteiger partial charge on any atom is 0.412 e. The Morgan fingerprint density at radius 1 is 1.29 bits per heavy atom. The van der Waals surface area contributed by atoms with Gasteiger partial charge in [0.15, 0.2) is 17.4 Å². The Hall–Kier alpha value is -1.60. The molecule has 0 radical (unpaired) electrons. The Kier molecular flexibility index (Phi) is 2.80. The average molecular weight is 248 g/mol.